The van der Waals surface area contributed by atoms with E-state index in [-0.39, 0.29) is 0 Å². The first-order valence-corrected chi connectivity index (χ1v) is 8.24. The highest BCUT2D eigenvalue weighted by Crippen LogP contribution is 2.29. The summed E-state index contributed by atoms with van der Waals surface area (Å²) in [5.74, 6) is 2.06. The second-order valence-electron chi connectivity index (χ2n) is 5.32. The summed E-state index contributed by atoms with van der Waals surface area (Å²) in [6, 6.07) is 7.77. The molecule has 0 amide bonds. The Morgan fingerprint density at radius 1 is 1.24 bits per heavy atom. The van der Waals surface area contributed by atoms with Crippen molar-refractivity contribution in [2.24, 2.45) is 5.92 Å². The molecule has 0 fully saturated rings. The predicted octanol–water partition coefficient (Wildman–Crippen LogP) is 5.19. The quantitative estimate of drug-likeness (QED) is 0.789. The maximum Gasteiger partial charge on any atom is 0.163 e. The lowest BCUT2D eigenvalue weighted by Crippen LogP contribution is -2.06. The van der Waals surface area contributed by atoms with Crippen LogP contribution in [0.4, 0.5) is 5.82 Å². The van der Waals surface area contributed by atoms with E-state index in [1.54, 1.807) is 0 Å². The molecule has 0 atom stereocenters. The van der Waals surface area contributed by atoms with Crippen molar-refractivity contribution >= 4 is 33.3 Å². The smallest absolute Gasteiger partial charge is 0.163 e. The molecule has 2 rings (SSSR count). The summed E-state index contributed by atoms with van der Waals surface area (Å²) in [6.45, 7) is 7.24. The summed E-state index contributed by atoms with van der Waals surface area (Å²) in [5, 5.41) is 3.91. The highest BCUT2D eigenvalue weighted by Gasteiger charge is 2.11. The lowest BCUT2D eigenvalue weighted by Gasteiger charge is -2.11. The standard InChI is InChI=1S/C16H19BrClN3/c1-4-19-15-9-12(7-10(2)3)20-16(21-15)13-6-5-11(17)8-14(13)18/h5-6,8-10H,4,7H2,1-3H3,(H,19,20,21). The number of anilines is 1. The fourth-order valence-corrected chi connectivity index (χ4v) is 2.84. The van der Waals surface area contributed by atoms with Gasteiger partial charge in [-0.05, 0) is 37.5 Å². The zero-order valence-electron chi connectivity index (χ0n) is 12.5. The fourth-order valence-electron chi connectivity index (χ4n) is 2.08. The molecule has 0 aliphatic heterocycles. The average molecular weight is 369 g/mol. The van der Waals surface area contributed by atoms with Gasteiger partial charge in [-0.2, -0.15) is 0 Å². The van der Waals surface area contributed by atoms with Gasteiger partial charge in [-0.3, -0.25) is 0 Å². The van der Waals surface area contributed by atoms with Gasteiger partial charge in [0.15, 0.2) is 5.82 Å². The van der Waals surface area contributed by atoms with Crippen LogP contribution in [0.2, 0.25) is 5.02 Å². The van der Waals surface area contributed by atoms with Crippen molar-refractivity contribution < 1.29 is 0 Å². The summed E-state index contributed by atoms with van der Waals surface area (Å²) >= 11 is 9.74. The van der Waals surface area contributed by atoms with Gasteiger partial charge in [0.05, 0.1) is 5.02 Å². The Morgan fingerprint density at radius 3 is 2.62 bits per heavy atom. The first-order chi connectivity index (χ1) is 9.99. The number of rotatable bonds is 5. The molecule has 5 heteroatoms. The molecule has 0 radical (unpaired) electrons. The topological polar surface area (TPSA) is 37.8 Å². The minimum Gasteiger partial charge on any atom is -0.370 e. The zero-order chi connectivity index (χ0) is 15.4. The molecule has 3 nitrogen and oxygen atoms in total. The second kappa shape index (κ2) is 7.23. The van der Waals surface area contributed by atoms with Gasteiger partial charge in [-0.1, -0.05) is 41.4 Å². The van der Waals surface area contributed by atoms with E-state index >= 15 is 0 Å². The number of halogens is 2. The molecule has 0 saturated heterocycles. The normalized spacial score (nSPS) is 11.0. The van der Waals surface area contributed by atoms with Crippen molar-refractivity contribution in [1.82, 2.24) is 9.97 Å². The molecule has 1 N–H and O–H groups in total. The van der Waals surface area contributed by atoms with Crippen LogP contribution in [-0.2, 0) is 6.42 Å². The van der Waals surface area contributed by atoms with Crippen molar-refractivity contribution in [3.05, 3.63) is 39.5 Å². The van der Waals surface area contributed by atoms with Gasteiger partial charge in [0.25, 0.3) is 0 Å². The van der Waals surface area contributed by atoms with E-state index in [1.807, 2.05) is 24.3 Å². The van der Waals surface area contributed by atoms with E-state index in [2.05, 4.69) is 52.0 Å². The Kier molecular flexibility index (Phi) is 5.59. The Hall–Kier alpha value is -1.13. The number of aromatic nitrogens is 2. The molecule has 0 bridgehead atoms. The first kappa shape index (κ1) is 16.2. The van der Waals surface area contributed by atoms with Gasteiger partial charge >= 0.3 is 0 Å². The molecular weight excluding hydrogens is 350 g/mol. The second-order valence-corrected chi connectivity index (χ2v) is 6.64. The van der Waals surface area contributed by atoms with Crippen molar-refractivity contribution in [2.75, 3.05) is 11.9 Å². The predicted molar refractivity (Wildman–Crippen MR) is 92.9 cm³/mol. The summed E-state index contributed by atoms with van der Waals surface area (Å²) in [4.78, 5) is 9.23. The van der Waals surface area contributed by atoms with Gasteiger partial charge in [0.1, 0.15) is 5.82 Å². The molecule has 0 aliphatic carbocycles. The van der Waals surface area contributed by atoms with Gasteiger partial charge in [0.2, 0.25) is 0 Å². The van der Waals surface area contributed by atoms with Crippen LogP contribution in [0.15, 0.2) is 28.7 Å². The van der Waals surface area contributed by atoms with E-state index in [1.165, 1.54) is 0 Å². The molecule has 1 heterocycles. The molecule has 21 heavy (non-hydrogen) atoms. The van der Waals surface area contributed by atoms with Crippen LogP contribution in [0.25, 0.3) is 11.4 Å². The van der Waals surface area contributed by atoms with Crippen LogP contribution in [0.1, 0.15) is 26.5 Å². The number of nitrogens with zero attached hydrogens (tertiary/aromatic N) is 2. The van der Waals surface area contributed by atoms with E-state index < -0.39 is 0 Å². The van der Waals surface area contributed by atoms with Crippen molar-refractivity contribution in [3.63, 3.8) is 0 Å². The number of hydrogen-bond acceptors (Lipinski definition) is 3. The van der Waals surface area contributed by atoms with E-state index in [0.29, 0.717) is 16.8 Å². The SMILES string of the molecule is CCNc1cc(CC(C)C)nc(-c2ccc(Br)cc2Cl)n1. The number of hydrogen-bond donors (Lipinski definition) is 1. The van der Waals surface area contributed by atoms with Gasteiger partial charge in [-0.25, -0.2) is 9.97 Å². The molecule has 0 aliphatic rings. The minimum absolute atomic E-state index is 0.544. The van der Waals surface area contributed by atoms with Crippen LogP contribution >= 0.6 is 27.5 Å². The lowest BCUT2D eigenvalue weighted by molar-refractivity contribution is 0.635. The maximum absolute atomic E-state index is 6.32. The molecule has 0 unspecified atom stereocenters. The van der Waals surface area contributed by atoms with Crippen LogP contribution in [-0.4, -0.2) is 16.5 Å². The Balaban J connectivity index is 2.48. The zero-order valence-corrected chi connectivity index (χ0v) is 14.8. The summed E-state index contributed by atoms with van der Waals surface area (Å²) in [7, 11) is 0. The molecule has 2 aromatic rings. The first-order valence-electron chi connectivity index (χ1n) is 7.06. The molecule has 0 spiro atoms. The third-order valence-electron chi connectivity index (χ3n) is 2.93. The van der Waals surface area contributed by atoms with Crippen molar-refractivity contribution in [3.8, 4) is 11.4 Å². The highest BCUT2D eigenvalue weighted by molar-refractivity contribution is 9.10. The van der Waals surface area contributed by atoms with Gasteiger partial charge < -0.3 is 5.32 Å². The van der Waals surface area contributed by atoms with Gasteiger partial charge in [-0.15, -0.1) is 0 Å². The fraction of sp³-hybridized carbons (Fsp3) is 0.375. The molecule has 1 aromatic heterocycles. The summed E-state index contributed by atoms with van der Waals surface area (Å²) in [5.41, 5.74) is 1.88. The molecule has 1 aromatic carbocycles. The van der Waals surface area contributed by atoms with E-state index in [4.69, 9.17) is 11.6 Å². The molecule has 0 saturated carbocycles. The lowest BCUT2D eigenvalue weighted by atomic mass is 10.1. The number of nitrogens with one attached hydrogen (secondary N) is 1. The monoisotopic (exact) mass is 367 g/mol. The van der Waals surface area contributed by atoms with Gasteiger partial charge in [0, 0.05) is 28.3 Å². The van der Waals surface area contributed by atoms with Crippen molar-refractivity contribution in [2.45, 2.75) is 27.2 Å². The summed E-state index contributed by atoms with van der Waals surface area (Å²) in [6.07, 6.45) is 0.919. The molecular formula is C16H19BrClN3. The third kappa shape index (κ3) is 4.42. The van der Waals surface area contributed by atoms with E-state index in [9.17, 15) is 0 Å². The molecule has 112 valence electrons. The summed E-state index contributed by atoms with van der Waals surface area (Å²) < 4.78 is 0.946. The third-order valence-corrected chi connectivity index (χ3v) is 3.73. The maximum atomic E-state index is 6.32. The van der Waals surface area contributed by atoms with Crippen molar-refractivity contribution in [1.29, 1.82) is 0 Å². The largest absolute Gasteiger partial charge is 0.370 e. The number of benzene rings is 1. The Bertz CT molecular complexity index is 629. The van der Waals surface area contributed by atoms with E-state index in [0.717, 1.165) is 34.5 Å². The van der Waals surface area contributed by atoms with Crippen LogP contribution < -0.4 is 5.32 Å². The average Bonchev–Trinajstić information content (AvgIpc) is 2.37. The van der Waals surface area contributed by atoms with Crippen LogP contribution in [0, 0.1) is 5.92 Å². The Morgan fingerprint density at radius 2 is 2.00 bits per heavy atom. The Labute approximate surface area is 139 Å². The minimum atomic E-state index is 0.544. The highest BCUT2D eigenvalue weighted by atomic mass is 79.9. The van der Waals surface area contributed by atoms with Crippen LogP contribution in [0.5, 0.6) is 0 Å². The van der Waals surface area contributed by atoms with Crippen LogP contribution in [0.3, 0.4) is 0 Å².